The Morgan fingerprint density at radius 1 is 1.53 bits per heavy atom. The summed E-state index contributed by atoms with van der Waals surface area (Å²) in [5.41, 5.74) is 0. The van der Waals surface area contributed by atoms with Gasteiger partial charge in [0.15, 0.2) is 0 Å². The Morgan fingerprint density at radius 2 is 2.33 bits per heavy atom. The van der Waals surface area contributed by atoms with Crippen LogP contribution in [0.2, 0.25) is 0 Å². The van der Waals surface area contributed by atoms with Gasteiger partial charge in [-0.25, -0.2) is 0 Å². The summed E-state index contributed by atoms with van der Waals surface area (Å²) in [4.78, 5) is 10.9. The molecule has 4 unspecified atom stereocenters. The topological polar surface area (TPSA) is 58.6 Å². The van der Waals surface area contributed by atoms with Crippen LogP contribution in [0.15, 0.2) is 0 Å². The highest BCUT2D eigenvalue weighted by Gasteiger charge is 2.40. The summed E-state index contributed by atoms with van der Waals surface area (Å²) in [5.74, 6) is 0.734. The summed E-state index contributed by atoms with van der Waals surface area (Å²) in [6, 6.07) is -0.139. The van der Waals surface area contributed by atoms with Crippen LogP contribution in [0.1, 0.15) is 25.7 Å². The monoisotopic (exact) mass is 213 g/mol. The van der Waals surface area contributed by atoms with Gasteiger partial charge in [0.05, 0.1) is 6.61 Å². The van der Waals surface area contributed by atoms with Gasteiger partial charge in [-0.2, -0.15) is 0 Å². The number of hydrogen-bond donors (Lipinski definition) is 2. The van der Waals surface area contributed by atoms with Gasteiger partial charge in [-0.15, -0.1) is 0 Å². The fourth-order valence-corrected chi connectivity index (χ4v) is 3.06. The summed E-state index contributed by atoms with van der Waals surface area (Å²) < 4.78 is 4.91. The molecule has 0 heterocycles. The van der Waals surface area contributed by atoms with Gasteiger partial charge in [-0.05, 0) is 31.1 Å². The van der Waals surface area contributed by atoms with E-state index < -0.39 is 12.0 Å². The van der Waals surface area contributed by atoms with Crippen LogP contribution in [-0.4, -0.2) is 36.9 Å². The maximum atomic E-state index is 10.9. The minimum Gasteiger partial charge on any atom is -0.480 e. The molecule has 2 aliphatic carbocycles. The molecular formula is C11H19NO3. The lowest BCUT2D eigenvalue weighted by Crippen LogP contribution is -2.47. The normalized spacial score (nSPS) is 35.7. The summed E-state index contributed by atoms with van der Waals surface area (Å²) in [5, 5.41) is 12.2. The van der Waals surface area contributed by atoms with Crippen LogP contribution < -0.4 is 5.32 Å². The number of fused-ring (bicyclic) bond motifs is 2. The number of aliphatic carboxylic acids is 1. The van der Waals surface area contributed by atoms with Crippen LogP contribution in [0, 0.1) is 11.8 Å². The molecule has 0 aromatic carbocycles. The van der Waals surface area contributed by atoms with Crippen molar-refractivity contribution in [3.8, 4) is 0 Å². The highest BCUT2D eigenvalue weighted by atomic mass is 16.5. The van der Waals surface area contributed by atoms with E-state index in [1.54, 1.807) is 7.11 Å². The fourth-order valence-electron chi connectivity index (χ4n) is 3.06. The van der Waals surface area contributed by atoms with Gasteiger partial charge in [0.2, 0.25) is 0 Å². The van der Waals surface area contributed by atoms with E-state index in [2.05, 4.69) is 5.32 Å². The number of rotatable bonds is 5. The van der Waals surface area contributed by atoms with Crippen molar-refractivity contribution in [3.63, 3.8) is 0 Å². The molecule has 86 valence electrons. The van der Waals surface area contributed by atoms with Crippen LogP contribution >= 0.6 is 0 Å². The number of nitrogens with one attached hydrogen (secondary N) is 1. The Hall–Kier alpha value is -0.610. The second kappa shape index (κ2) is 4.49. The number of hydrogen-bond acceptors (Lipinski definition) is 3. The maximum Gasteiger partial charge on any atom is 0.323 e. The third kappa shape index (κ3) is 2.32. The first kappa shape index (κ1) is 10.9. The Labute approximate surface area is 90.0 Å². The van der Waals surface area contributed by atoms with Crippen LogP contribution in [0.3, 0.4) is 0 Å². The molecule has 0 amide bonds. The van der Waals surface area contributed by atoms with E-state index >= 15 is 0 Å². The zero-order valence-electron chi connectivity index (χ0n) is 9.11. The van der Waals surface area contributed by atoms with Crippen LogP contribution in [0.4, 0.5) is 0 Å². The lowest BCUT2D eigenvalue weighted by Gasteiger charge is -2.26. The Morgan fingerprint density at radius 3 is 2.80 bits per heavy atom. The lowest BCUT2D eigenvalue weighted by molar-refractivity contribution is -0.141. The number of ether oxygens (including phenoxy) is 1. The zero-order valence-corrected chi connectivity index (χ0v) is 9.11. The molecule has 0 aliphatic heterocycles. The molecule has 2 N–H and O–H groups in total. The quantitative estimate of drug-likeness (QED) is 0.711. The molecule has 0 aromatic heterocycles. The summed E-state index contributed by atoms with van der Waals surface area (Å²) in [6.45, 7) is 0.253. The van der Waals surface area contributed by atoms with Crippen molar-refractivity contribution < 1.29 is 14.6 Å². The van der Waals surface area contributed by atoms with Crippen molar-refractivity contribution in [2.45, 2.75) is 37.8 Å². The number of carboxylic acids is 1. The average molecular weight is 213 g/mol. The van der Waals surface area contributed by atoms with Crippen molar-refractivity contribution in [2.24, 2.45) is 11.8 Å². The van der Waals surface area contributed by atoms with Gasteiger partial charge in [-0.1, -0.05) is 6.42 Å². The summed E-state index contributed by atoms with van der Waals surface area (Å²) >= 11 is 0. The van der Waals surface area contributed by atoms with Crippen LogP contribution in [0.25, 0.3) is 0 Å². The highest BCUT2D eigenvalue weighted by molar-refractivity contribution is 5.73. The van der Waals surface area contributed by atoms with E-state index in [0.29, 0.717) is 12.0 Å². The largest absolute Gasteiger partial charge is 0.480 e. The first-order valence-electron chi connectivity index (χ1n) is 5.68. The molecule has 2 saturated carbocycles. The molecular weight excluding hydrogens is 194 g/mol. The molecule has 0 saturated heterocycles. The Kier molecular flexibility index (Phi) is 3.26. The molecule has 0 spiro atoms. The molecule has 4 atom stereocenters. The Balaban J connectivity index is 1.86. The lowest BCUT2D eigenvalue weighted by atomic mass is 9.95. The van der Waals surface area contributed by atoms with E-state index in [1.165, 1.54) is 19.3 Å². The summed E-state index contributed by atoms with van der Waals surface area (Å²) in [7, 11) is 1.54. The second-order valence-electron chi connectivity index (χ2n) is 4.79. The van der Waals surface area contributed by atoms with Crippen LogP contribution in [0.5, 0.6) is 0 Å². The van der Waals surface area contributed by atoms with Crippen molar-refractivity contribution in [1.82, 2.24) is 5.32 Å². The minimum atomic E-state index is -0.806. The van der Waals surface area contributed by atoms with Crippen molar-refractivity contribution in [2.75, 3.05) is 13.7 Å². The SMILES string of the molecule is COCC(NC1CC2CCC1C2)C(=O)O. The van der Waals surface area contributed by atoms with Gasteiger partial charge in [0, 0.05) is 13.2 Å². The van der Waals surface area contributed by atoms with E-state index in [9.17, 15) is 4.79 Å². The molecule has 2 bridgehead atoms. The number of carbonyl (C=O) groups is 1. The Bertz CT molecular complexity index is 244. The van der Waals surface area contributed by atoms with E-state index in [0.717, 1.165) is 12.3 Å². The van der Waals surface area contributed by atoms with E-state index in [4.69, 9.17) is 9.84 Å². The third-order valence-corrected chi connectivity index (χ3v) is 3.78. The maximum absolute atomic E-state index is 10.9. The molecule has 4 heteroatoms. The fraction of sp³-hybridized carbons (Fsp3) is 0.909. The van der Waals surface area contributed by atoms with Gasteiger partial charge < -0.3 is 9.84 Å². The highest BCUT2D eigenvalue weighted by Crippen LogP contribution is 2.44. The minimum absolute atomic E-state index is 0.253. The van der Waals surface area contributed by atoms with Crippen LogP contribution in [-0.2, 0) is 9.53 Å². The first-order chi connectivity index (χ1) is 7.20. The second-order valence-corrected chi connectivity index (χ2v) is 4.79. The molecule has 4 nitrogen and oxygen atoms in total. The third-order valence-electron chi connectivity index (χ3n) is 3.78. The number of methoxy groups -OCH3 is 1. The molecule has 0 radical (unpaired) electrons. The van der Waals surface area contributed by atoms with Gasteiger partial charge in [0.25, 0.3) is 0 Å². The molecule has 2 aliphatic rings. The van der Waals surface area contributed by atoms with Gasteiger partial charge in [0.1, 0.15) is 6.04 Å². The molecule has 2 rings (SSSR count). The first-order valence-corrected chi connectivity index (χ1v) is 5.68. The van der Waals surface area contributed by atoms with E-state index in [-0.39, 0.29) is 6.61 Å². The van der Waals surface area contributed by atoms with Gasteiger partial charge in [-0.3, -0.25) is 10.1 Å². The number of carboxylic acid groups (broad SMARTS) is 1. The van der Waals surface area contributed by atoms with Crippen molar-refractivity contribution >= 4 is 5.97 Å². The molecule has 15 heavy (non-hydrogen) atoms. The standard InChI is InChI=1S/C11H19NO3/c1-15-6-10(11(13)14)12-9-5-7-2-3-8(9)4-7/h7-10,12H,2-6H2,1H3,(H,13,14). The zero-order chi connectivity index (χ0) is 10.8. The summed E-state index contributed by atoms with van der Waals surface area (Å²) in [6.07, 6.45) is 5.04. The predicted molar refractivity (Wildman–Crippen MR) is 55.7 cm³/mol. The molecule has 0 aromatic rings. The van der Waals surface area contributed by atoms with Crippen molar-refractivity contribution in [3.05, 3.63) is 0 Å². The molecule has 2 fully saturated rings. The van der Waals surface area contributed by atoms with Gasteiger partial charge >= 0.3 is 5.97 Å². The smallest absolute Gasteiger partial charge is 0.323 e. The van der Waals surface area contributed by atoms with E-state index in [1.807, 2.05) is 0 Å². The van der Waals surface area contributed by atoms with Crippen molar-refractivity contribution in [1.29, 1.82) is 0 Å². The predicted octanol–water partition coefficient (Wildman–Crippen LogP) is 0.864. The average Bonchev–Trinajstić information content (AvgIpc) is 2.78.